The lowest BCUT2D eigenvalue weighted by atomic mass is 10.2. The fourth-order valence-electron chi connectivity index (χ4n) is 0.823. The predicted molar refractivity (Wildman–Crippen MR) is 65.6 cm³/mol. The highest BCUT2D eigenvalue weighted by Crippen LogP contribution is 2.36. The monoisotopic (exact) mass is 234 g/mol. The molecule has 0 spiro atoms. The van der Waals surface area contributed by atoms with Crippen molar-refractivity contribution in [3.8, 4) is 0 Å². The summed E-state index contributed by atoms with van der Waals surface area (Å²) in [5, 5.41) is 9.77. The molecule has 0 rings (SSSR count). The summed E-state index contributed by atoms with van der Waals surface area (Å²) >= 11 is 0. The van der Waals surface area contributed by atoms with Crippen molar-refractivity contribution in [3.63, 3.8) is 0 Å². The average Bonchev–Trinajstić information content (AvgIpc) is 2.09. The molecule has 0 saturated heterocycles. The zero-order valence-electron chi connectivity index (χ0n) is 11.0. The highest BCUT2D eigenvalue weighted by Gasteiger charge is 2.37. The van der Waals surface area contributed by atoms with E-state index in [4.69, 9.17) is 9.16 Å². The van der Waals surface area contributed by atoms with E-state index < -0.39 is 14.4 Å². The van der Waals surface area contributed by atoms with Gasteiger partial charge in [0.2, 0.25) is 0 Å². The van der Waals surface area contributed by atoms with E-state index in [2.05, 4.69) is 33.9 Å². The first kappa shape index (κ1) is 15.1. The maximum atomic E-state index is 9.58. The molecule has 0 fully saturated rings. The van der Waals surface area contributed by atoms with Gasteiger partial charge >= 0.3 is 0 Å². The molecule has 0 bridgehead atoms. The third-order valence-corrected chi connectivity index (χ3v) is 7.46. The lowest BCUT2D eigenvalue weighted by Gasteiger charge is -2.36. The second kappa shape index (κ2) is 5.99. The van der Waals surface area contributed by atoms with Gasteiger partial charge in [-0.2, -0.15) is 0 Å². The normalized spacial score (nSPS) is 15.4. The van der Waals surface area contributed by atoms with Gasteiger partial charge < -0.3 is 14.3 Å². The Kier molecular flexibility index (Phi) is 6.03. The molecule has 0 aliphatic heterocycles. The standard InChI is InChI=1S/C11H26O3Si/c1-7-13-8-10(12)9-14-15(5,6)11(2,3)4/h10,12H,7-9H2,1-6H3/t10-/m1/s1. The molecule has 4 heteroatoms. The maximum Gasteiger partial charge on any atom is 0.192 e. The van der Waals surface area contributed by atoms with E-state index in [1.54, 1.807) is 0 Å². The summed E-state index contributed by atoms with van der Waals surface area (Å²) in [6.07, 6.45) is -0.501. The van der Waals surface area contributed by atoms with Crippen molar-refractivity contribution in [1.29, 1.82) is 0 Å². The van der Waals surface area contributed by atoms with Crippen LogP contribution in [0.2, 0.25) is 18.1 Å². The lowest BCUT2D eigenvalue weighted by molar-refractivity contribution is 0.0133. The summed E-state index contributed by atoms with van der Waals surface area (Å²) in [6.45, 7) is 14.2. The van der Waals surface area contributed by atoms with Gasteiger partial charge in [-0.3, -0.25) is 0 Å². The molecule has 0 radical (unpaired) electrons. The van der Waals surface area contributed by atoms with Crippen LogP contribution in [-0.2, 0) is 9.16 Å². The molecular formula is C11H26O3Si. The fraction of sp³-hybridized carbons (Fsp3) is 1.00. The van der Waals surface area contributed by atoms with Gasteiger partial charge in [0.25, 0.3) is 0 Å². The minimum Gasteiger partial charge on any atom is -0.414 e. The van der Waals surface area contributed by atoms with E-state index in [1.165, 1.54) is 0 Å². The second-order valence-electron chi connectivity index (χ2n) is 5.38. The summed E-state index contributed by atoms with van der Waals surface area (Å²) in [7, 11) is -1.72. The first-order valence-electron chi connectivity index (χ1n) is 5.60. The van der Waals surface area contributed by atoms with E-state index in [0.717, 1.165) is 0 Å². The minimum atomic E-state index is -1.72. The first-order chi connectivity index (χ1) is 6.70. The van der Waals surface area contributed by atoms with Crippen LogP contribution in [0.3, 0.4) is 0 Å². The lowest BCUT2D eigenvalue weighted by Crippen LogP contribution is -2.43. The van der Waals surface area contributed by atoms with Crippen LogP contribution in [0.25, 0.3) is 0 Å². The number of aliphatic hydroxyl groups is 1. The third kappa shape index (κ3) is 5.66. The summed E-state index contributed by atoms with van der Waals surface area (Å²) in [5.74, 6) is 0. The summed E-state index contributed by atoms with van der Waals surface area (Å²) < 4.78 is 11.0. The summed E-state index contributed by atoms with van der Waals surface area (Å²) in [5.41, 5.74) is 0. The van der Waals surface area contributed by atoms with Crippen molar-refractivity contribution in [2.24, 2.45) is 0 Å². The Bertz CT molecular complexity index is 175. The van der Waals surface area contributed by atoms with Gasteiger partial charge in [0.05, 0.1) is 19.3 Å². The molecule has 3 nitrogen and oxygen atoms in total. The smallest absolute Gasteiger partial charge is 0.192 e. The molecule has 1 atom stereocenters. The minimum absolute atomic E-state index is 0.193. The number of hydrogen-bond acceptors (Lipinski definition) is 3. The zero-order valence-corrected chi connectivity index (χ0v) is 12.0. The molecule has 0 unspecified atom stereocenters. The van der Waals surface area contributed by atoms with Crippen LogP contribution < -0.4 is 0 Å². The zero-order chi connectivity index (χ0) is 12.1. The largest absolute Gasteiger partial charge is 0.414 e. The Labute approximate surface area is 94.9 Å². The van der Waals surface area contributed by atoms with Gasteiger partial charge in [-0.05, 0) is 25.1 Å². The fourth-order valence-corrected chi connectivity index (χ4v) is 1.87. The Hall–Kier alpha value is 0.0969. The van der Waals surface area contributed by atoms with Gasteiger partial charge in [-0.25, -0.2) is 0 Å². The van der Waals surface area contributed by atoms with Gasteiger partial charge in [0.15, 0.2) is 8.32 Å². The molecule has 0 aromatic rings. The third-order valence-electron chi connectivity index (χ3n) is 2.96. The van der Waals surface area contributed by atoms with Gasteiger partial charge in [-0.1, -0.05) is 20.8 Å². The molecule has 15 heavy (non-hydrogen) atoms. The quantitative estimate of drug-likeness (QED) is 0.717. The summed E-state index contributed by atoms with van der Waals surface area (Å²) in [4.78, 5) is 0. The molecule has 0 aromatic heterocycles. The van der Waals surface area contributed by atoms with E-state index in [-0.39, 0.29) is 5.04 Å². The Morgan fingerprint density at radius 2 is 1.73 bits per heavy atom. The second-order valence-corrected chi connectivity index (χ2v) is 10.2. The van der Waals surface area contributed by atoms with E-state index in [9.17, 15) is 5.11 Å². The number of hydrogen-bond donors (Lipinski definition) is 1. The van der Waals surface area contributed by atoms with E-state index in [1.807, 2.05) is 6.92 Å². The predicted octanol–water partition coefficient (Wildman–Crippen LogP) is 2.41. The van der Waals surface area contributed by atoms with Gasteiger partial charge in [0.1, 0.15) is 0 Å². The van der Waals surface area contributed by atoms with Crippen LogP contribution in [0, 0.1) is 0 Å². The highest BCUT2D eigenvalue weighted by atomic mass is 28.4. The Balaban J connectivity index is 3.93. The van der Waals surface area contributed by atoms with Crippen molar-refractivity contribution in [1.82, 2.24) is 0 Å². The molecule has 1 N–H and O–H groups in total. The van der Waals surface area contributed by atoms with Crippen molar-refractivity contribution >= 4 is 8.32 Å². The summed E-state index contributed by atoms with van der Waals surface area (Å²) in [6, 6.07) is 0. The molecule has 92 valence electrons. The van der Waals surface area contributed by atoms with Crippen molar-refractivity contribution in [3.05, 3.63) is 0 Å². The Morgan fingerprint density at radius 3 is 2.13 bits per heavy atom. The van der Waals surface area contributed by atoms with Crippen LogP contribution in [0.4, 0.5) is 0 Å². The van der Waals surface area contributed by atoms with Gasteiger partial charge in [0, 0.05) is 6.61 Å². The average molecular weight is 234 g/mol. The highest BCUT2D eigenvalue weighted by molar-refractivity contribution is 6.74. The number of aliphatic hydroxyl groups excluding tert-OH is 1. The van der Waals surface area contributed by atoms with Crippen molar-refractivity contribution < 1.29 is 14.3 Å². The van der Waals surface area contributed by atoms with Crippen LogP contribution in [0.15, 0.2) is 0 Å². The van der Waals surface area contributed by atoms with Crippen LogP contribution in [0.1, 0.15) is 27.7 Å². The topological polar surface area (TPSA) is 38.7 Å². The van der Waals surface area contributed by atoms with Gasteiger partial charge in [-0.15, -0.1) is 0 Å². The molecule has 0 saturated carbocycles. The molecule has 0 heterocycles. The number of rotatable bonds is 6. The van der Waals surface area contributed by atoms with E-state index in [0.29, 0.717) is 19.8 Å². The van der Waals surface area contributed by atoms with Crippen LogP contribution in [0.5, 0.6) is 0 Å². The van der Waals surface area contributed by atoms with Crippen molar-refractivity contribution in [2.75, 3.05) is 19.8 Å². The van der Waals surface area contributed by atoms with Crippen LogP contribution in [-0.4, -0.2) is 39.3 Å². The first-order valence-corrected chi connectivity index (χ1v) is 8.51. The van der Waals surface area contributed by atoms with E-state index >= 15 is 0 Å². The SMILES string of the molecule is CCOC[C@@H](O)CO[Si](C)(C)C(C)(C)C. The molecule has 0 aromatic carbocycles. The molecule has 0 amide bonds. The maximum absolute atomic E-state index is 9.58. The molecule has 0 aliphatic rings. The Morgan fingerprint density at radius 1 is 1.20 bits per heavy atom. The number of ether oxygens (including phenoxy) is 1. The molecular weight excluding hydrogens is 208 g/mol. The van der Waals surface area contributed by atoms with Crippen LogP contribution >= 0.6 is 0 Å². The van der Waals surface area contributed by atoms with Crippen molar-refractivity contribution in [2.45, 2.75) is 51.9 Å². The molecule has 0 aliphatic carbocycles.